The molecule has 0 aliphatic heterocycles. The molecule has 0 aromatic carbocycles. The summed E-state index contributed by atoms with van der Waals surface area (Å²) in [5, 5.41) is 34.1. The predicted octanol–water partition coefficient (Wildman–Crippen LogP) is -2.52. The van der Waals surface area contributed by atoms with Crippen LogP contribution in [0.1, 0.15) is 26.7 Å². The van der Waals surface area contributed by atoms with E-state index in [2.05, 4.69) is 16.0 Å². The van der Waals surface area contributed by atoms with Crippen LogP contribution in [0.3, 0.4) is 0 Å². The van der Waals surface area contributed by atoms with E-state index in [1.54, 1.807) is 6.26 Å². The number of nitrogens with two attached hydrogens (primary N) is 1. The molecule has 0 aromatic rings. The van der Waals surface area contributed by atoms with Crippen LogP contribution < -0.4 is 21.7 Å². The standard InChI is InChI=1S/C16H28N4O8S/c1-7(16(27)28)18-15(26)12(8(2)21)20-14(25)10(4-5-29-3)19-13(24)9(17)6-11(22)23/h7-10,12,21H,4-6,17H2,1-3H3,(H,18,26)(H,19,24)(H,20,25)(H,22,23)(H,27,28). The number of thioether (sulfide) groups is 1. The van der Waals surface area contributed by atoms with Gasteiger partial charge in [-0.1, -0.05) is 0 Å². The smallest absolute Gasteiger partial charge is 0.325 e. The molecule has 13 heteroatoms. The third-order valence-corrected chi connectivity index (χ3v) is 4.41. The number of amides is 3. The van der Waals surface area contributed by atoms with Crippen molar-refractivity contribution in [3.63, 3.8) is 0 Å². The summed E-state index contributed by atoms with van der Waals surface area (Å²) in [5.41, 5.74) is 5.49. The van der Waals surface area contributed by atoms with Crippen molar-refractivity contribution in [3.8, 4) is 0 Å². The largest absolute Gasteiger partial charge is 0.481 e. The molecule has 0 bridgehead atoms. The van der Waals surface area contributed by atoms with Gasteiger partial charge in [0.2, 0.25) is 17.7 Å². The second-order valence-electron chi connectivity index (χ2n) is 6.34. The van der Waals surface area contributed by atoms with Crippen LogP contribution in [0, 0.1) is 0 Å². The molecule has 0 saturated carbocycles. The van der Waals surface area contributed by atoms with E-state index >= 15 is 0 Å². The topological polar surface area (TPSA) is 208 Å². The lowest BCUT2D eigenvalue weighted by Crippen LogP contribution is -2.59. The van der Waals surface area contributed by atoms with Gasteiger partial charge in [0.25, 0.3) is 0 Å². The maximum Gasteiger partial charge on any atom is 0.325 e. The fraction of sp³-hybridized carbons (Fsp3) is 0.688. The first-order chi connectivity index (χ1) is 13.4. The minimum absolute atomic E-state index is 0.151. The maximum absolute atomic E-state index is 12.6. The van der Waals surface area contributed by atoms with Crippen LogP contribution in [-0.2, 0) is 24.0 Å². The molecule has 0 aromatic heterocycles. The number of aliphatic hydroxyl groups excluding tert-OH is 1. The van der Waals surface area contributed by atoms with E-state index in [0.29, 0.717) is 5.75 Å². The van der Waals surface area contributed by atoms with E-state index in [-0.39, 0.29) is 6.42 Å². The number of carbonyl (C=O) groups excluding carboxylic acids is 3. The van der Waals surface area contributed by atoms with Gasteiger partial charge in [0.05, 0.1) is 18.6 Å². The average molecular weight is 436 g/mol. The Kier molecular flexibility index (Phi) is 11.9. The molecule has 0 heterocycles. The molecular weight excluding hydrogens is 408 g/mol. The minimum atomic E-state index is -1.47. The van der Waals surface area contributed by atoms with E-state index in [1.807, 2.05) is 0 Å². The average Bonchev–Trinajstić information content (AvgIpc) is 2.61. The first kappa shape index (κ1) is 26.6. The van der Waals surface area contributed by atoms with Crippen molar-refractivity contribution in [1.82, 2.24) is 16.0 Å². The third-order valence-electron chi connectivity index (χ3n) is 3.77. The van der Waals surface area contributed by atoms with Crippen LogP contribution in [0.2, 0.25) is 0 Å². The van der Waals surface area contributed by atoms with Gasteiger partial charge in [-0.15, -0.1) is 0 Å². The summed E-state index contributed by atoms with van der Waals surface area (Å²) in [6, 6.07) is -5.22. The Morgan fingerprint density at radius 1 is 0.966 bits per heavy atom. The highest BCUT2D eigenvalue weighted by Crippen LogP contribution is 2.04. The Hall–Kier alpha value is -2.38. The van der Waals surface area contributed by atoms with E-state index in [1.165, 1.54) is 25.6 Å². The summed E-state index contributed by atoms with van der Waals surface area (Å²) in [6.45, 7) is 2.45. The van der Waals surface area contributed by atoms with E-state index in [0.717, 1.165) is 0 Å². The van der Waals surface area contributed by atoms with Crippen LogP contribution in [0.5, 0.6) is 0 Å². The zero-order chi connectivity index (χ0) is 22.7. The number of aliphatic hydroxyl groups is 1. The number of carboxylic acids is 2. The van der Waals surface area contributed by atoms with Gasteiger partial charge in [-0.2, -0.15) is 11.8 Å². The monoisotopic (exact) mass is 436 g/mol. The van der Waals surface area contributed by atoms with Crippen LogP contribution >= 0.6 is 11.8 Å². The summed E-state index contributed by atoms with van der Waals surface area (Å²) in [5.74, 6) is -4.71. The lowest BCUT2D eigenvalue weighted by molar-refractivity contribution is -0.142. The quantitative estimate of drug-likeness (QED) is 0.161. The number of hydrogen-bond acceptors (Lipinski definition) is 8. The van der Waals surface area contributed by atoms with Crippen LogP contribution in [0.4, 0.5) is 0 Å². The molecule has 5 atom stereocenters. The molecule has 0 saturated heterocycles. The van der Waals surface area contributed by atoms with Gasteiger partial charge >= 0.3 is 11.9 Å². The van der Waals surface area contributed by atoms with Crippen LogP contribution in [0.25, 0.3) is 0 Å². The normalized spacial score (nSPS) is 15.9. The Bertz CT molecular complexity index is 616. The molecule has 29 heavy (non-hydrogen) atoms. The zero-order valence-electron chi connectivity index (χ0n) is 16.4. The molecular formula is C16H28N4O8S. The van der Waals surface area contributed by atoms with Gasteiger partial charge in [-0.3, -0.25) is 24.0 Å². The Balaban J connectivity index is 5.24. The highest BCUT2D eigenvalue weighted by molar-refractivity contribution is 7.98. The Labute approximate surface area is 172 Å². The second-order valence-corrected chi connectivity index (χ2v) is 7.33. The van der Waals surface area contributed by atoms with Crippen molar-refractivity contribution in [3.05, 3.63) is 0 Å². The van der Waals surface area contributed by atoms with Gasteiger partial charge in [0.15, 0.2) is 0 Å². The Morgan fingerprint density at radius 3 is 2.00 bits per heavy atom. The molecule has 3 amide bonds. The van der Waals surface area contributed by atoms with Crippen molar-refractivity contribution in [2.24, 2.45) is 5.73 Å². The number of rotatable bonds is 13. The van der Waals surface area contributed by atoms with E-state index in [4.69, 9.17) is 15.9 Å². The van der Waals surface area contributed by atoms with Crippen molar-refractivity contribution in [2.45, 2.75) is 57.0 Å². The molecule has 0 fully saturated rings. The van der Waals surface area contributed by atoms with Gasteiger partial charge in [-0.25, -0.2) is 0 Å². The zero-order valence-corrected chi connectivity index (χ0v) is 17.2. The molecule has 0 spiro atoms. The van der Waals surface area contributed by atoms with Crippen molar-refractivity contribution >= 4 is 41.4 Å². The molecule has 5 unspecified atom stereocenters. The number of nitrogens with one attached hydrogen (secondary N) is 3. The lowest BCUT2D eigenvalue weighted by Gasteiger charge is -2.25. The van der Waals surface area contributed by atoms with Gasteiger partial charge in [0, 0.05) is 0 Å². The van der Waals surface area contributed by atoms with Crippen molar-refractivity contribution in [1.29, 1.82) is 0 Å². The van der Waals surface area contributed by atoms with Gasteiger partial charge < -0.3 is 37.0 Å². The van der Waals surface area contributed by atoms with Crippen LogP contribution in [-0.4, -0.2) is 87.3 Å². The van der Waals surface area contributed by atoms with Gasteiger partial charge in [0.1, 0.15) is 18.1 Å². The Morgan fingerprint density at radius 2 is 1.55 bits per heavy atom. The van der Waals surface area contributed by atoms with E-state index < -0.39 is 66.4 Å². The fourth-order valence-electron chi connectivity index (χ4n) is 2.09. The second kappa shape index (κ2) is 13.0. The molecule has 0 aliphatic carbocycles. The summed E-state index contributed by atoms with van der Waals surface area (Å²) in [7, 11) is 0. The molecule has 0 rings (SSSR count). The SMILES string of the molecule is CSCCC(NC(=O)C(N)CC(=O)O)C(=O)NC(C(=O)NC(C)C(=O)O)C(C)O. The first-order valence-corrected chi connectivity index (χ1v) is 10.1. The summed E-state index contributed by atoms with van der Waals surface area (Å²) >= 11 is 1.39. The molecule has 166 valence electrons. The highest BCUT2D eigenvalue weighted by atomic mass is 32.2. The summed E-state index contributed by atoms with van der Waals surface area (Å²) in [6.07, 6.45) is -0.0648. The molecule has 12 nitrogen and oxygen atoms in total. The molecule has 8 N–H and O–H groups in total. The van der Waals surface area contributed by atoms with Crippen LogP contribution in [0.15, 0.2) is 0 Å². The first-order valence-electron chi connectivity index (χ1n) is 8.69. The van der Waals surface area contributed by atoms with Crippen molar-refractivity contribution < 1.29 is 39.3 Å². The number of aliphatic carboxylic acids is 2. The summed E-state index contributed by atoms with van der Waals surface area (Å²) < 4.78 is 0. The molecule has 0 radical (unpaired) electrons. The fourth-order valence-corrected chi connectivity index (χ4v) is 2.56. The highest BCUT2D eigenvalue weighted by Gasteiger charge is 2.31. The third kappa shape index (κ3) is 10.1. The minimum Gasteiger partial charge on any atom is -0.481 e. The predicted molar refractivity (Wildman–Crippen MR) is 104 cm³/mol. The number of hydrogen-bond donors (Lipinski definition) is 7. The molecule has 0 aliphatic rings. The summed E-state index contributed by atoms with van der Waals surface area (Å²) in [4.78, 5) is 58.4. The van der Waals surface area contributed by atoms with Crippen molar-refractivity contribution in [2.75, 3.05) is 12.0 Å². The number of carboxylic acid groups (broad SMARTS) is 2. The van der Waals surface area contributed by atoms with Gasteiger partial charge in [-0.05, 0) is 32.3 Å². The van der Waals surface area contributed by atoms with E-state index in [9.17, 15) is 29.1 Å². The number of carbonyl (C=O) groups is 5. The maximum atomic E-state index is 12.6. The lowest BCUT2D eigenvalue weighted by atomic mass is 10.1.